The van der Waals surface area contributed by atoms with Crippen molar-refractivity contribution < 1.29 is 19.1 Å². The second-order valence-corrected chi connectivity index (χ2v) is 4.10. The molecule has 1 aromatic carbocycles. The van der Waals surface area contributed by atoms with Gasteiger partial charge >= 0.3 is 0 Å². The Labute approximate surface area is 116 Å². The predicted octanol–water partition coefficient (Wildman–Crippen LogP) is 0.910. The van der Waals surface area contributed by atoms with Crippen molar-refractivity contribution in [2.24, 2.45) is 0 Å². The van der Waals surface area contributed by atoms with Crippen LogP contribution in [0, 0.1) is 0 Å². The molecule has 0 amide bonds. The highest BCUT2D eigenvalue weighted by molar-refractivity contribution is 5.41. The van der Waals surface area contributed by atoms with E-state index in [-0.39, 0.29) is 0 Å². The Hall–Kier alpha value is -2.12. The quantitative estimate of drug-likeness (QED) is 0.778. The summed E-state index contributed by atoms with van der Waals surface area (Å²) in [5, 5.41) is 16.9. The lowest BCUT2D eigenvalue weighted by Crippen LogP contribution is -2.22. The summed E-state index contributed by atoms with van der Waals surface area (Å²) < 4.78 is 15.0. The summed E-state index contributed by atoms with van der Waals surface area (Å²) in [7, 11) is 3.14. The Morgan fingerprint density at radius 1 is 1.35 bits per heavy atom. The van der Waals surface area contributed by atoms with Crippen LogP contribution in [0.15, 0.2) is 29.1 Å². The third kappa shape index (κ3) is 3.46. The minimum atomic E-state index is -0.730. The molecule has 7 nitrogen and oxygen atoms in total. The standard InChI is InChI=1S/C13H17N3O4/c1-18-9-3-4-12(19-2)10(5-9)11(17)6-14-7-13-15-8-20-16-13/h3-5,8,11,14,17H,6-7H2,1-2H3. The first kappa shape index (κ1) is 14.3. The zero-order valence-corrected chi connectivity index (χ0v) is 11.4. The van der Waals surface area contributed by atoms with Gasteiger partial charge < -0.3 is 24.4 Å². The van der Waals surface area contributed by atoms with Crippen LogP contribution in [0.2, 0.25) is 0 Å². The smallest absolute Gasteiger partial charge is 0.213 e. The molecule has 0 fully saturated rings. The number of nitrogens with one attached hydrogen (secondary N) is 1. The lowest BCUT2D eigenvalue weighted by Gasteiger charge is -2.16. The van der Waals surface area contributed by atoms with Crippen LogP contribution in [-0.4, -0.2) is 36.0 Å². The minimum Gasteiger partial charge on any atom is -0.497 e. The van der Waals surface area contributed by atoms with E-state index in [1.165, 1.54) is 6.39 Å². The molecule has 1 unspecified atom stereocenters. The van der Waals surface area contributed by atoms with E-state index in [9.17, 15) is 5.11 Å². The normalized spacial score (nSPS) is 12.2. The van der Waals surface area contributed by atoms with Crippen LogP contribution in [0.25, 0.3) is 0 Å². The molecule has 7 heteroatoms. The van der Waals surface area contributed by atoms with Crippen molar-refractivity contribution in [3.05, 3.63) is 36.0 Å². The summed E-state index contributed by atoms with van der Waals surface area (Å²) in [6, 6.07) is 5.29. The van der Waals surface area contributed by atoms with Gasteiger partial charge in [0.25, 0.3) is 0 Å². The topological polar surface area (TPSA) is 89.6 Å². The van der Waals surface area contributed by atoms with Crippen LogP contribution in [0.1, 0.15) is 17.5 Å². The maximum atomic E-state index is 10.2. The first-order valence-corrected chi connectivity index (χ1v) is 6.10. The number of aromatic nitrogens is 2. The Balaban J connectivity index is 1.98. The van der Waals surface area contributed by atoms with Gasteiger partial charge in [-0.2, -0.15) is 4.98 Å². The van der Waals surface area contributed by atoms with Gasteiger partial charge in [-0.05, 0) is 18.2 Å². The number of aliphatic hydroxyl groups excluding tert-OH is 1. The fourth-order valence-corrected chi connectivity index (χ4v) is 1.80. The number of hydrogen-bond acceptors (Lipinski definition) is 7. The molecule has 0 bridgehead atoms. The molecular weight excluding hydrogens is 262 g/mol. The summed E-state index contributed by atoms with van der Waals surface area (Å²) in [6.07, 6.45) is 0.533. The van der Waals surface area contributed by atoms with E-state index in [0.717, 1.165) is 0 Å². The molecule has 0 aliphatic rings. The van der Waals surface area contributed by atoms with E-state index in [1.54, 1.807) is 32.4 Å². The van der Waals surface area contributed by atoms with E-state index >= 15 is 0 Å². The lowest BCUT2D eigenvalue weighted by atomic mass is 10.1. The summed E-state index contributed by atoms with van der Waals surface area (Å²) in [5.41, 5.74) is 0.660. The van der Waals surface area contributed by atoms with Gasteiger partial charge in [0.1, 0.15) is 11.5 Å². The van der Waals surface area contributed by atoms with Crippen molar-refractivity contribution in [1.29, 1.82) is 0 Å². The highest BCUT2D eigenvalue weighted by Crippen LogP contribution is 2.29. The van der Waals surface area contributed by atoms with E-state index in [4.69, 9.17) is 9.47 Å². The van der Waals surface area contributed by atoms with Gasteiger partial charge in [-0.3, -0.25) is 0 Å². The number of aliphatic hydroxyl groups is 1. The SMILES string of the molecule is COc1ccc(OC)c(C(O)CNCc2ncon2)c1. The van der Waals surface area contributed by atoms with Crippen LogP contribution in [0.4, 0.5) is 0 Å². The number of rotatable bonds is 7. The molecule has 0 spiro atoms. The van der Waals surface area contributed by atoms with Gasteiger partial charge in [-0.1, -0.05) is 5.16 Å². The number of methoxy groups -OCH3 is 2. The lowest BCUT2D eigenvalue weighted by molar-refractivity contribution is 0.169. The third-order valence-electron chi connectivity index (χ3n) is 2.82. The van der Waals surface area contributed by atoms with Crippen LogP contribution in [-0.2, 0) is 6.54 Å². The number of benzene rings is 1. The van der Waals surface area contributed by atoms with Gasteiger partial charge in [0.15, 0.2) is 5.82 Å². The molecule has 2 rings (SSSR count). The molecule has 0 aliphatic heterocycles. The van der Waals surface area contributed by atoms with Gasteiger partial charge in [0.05, 0.1) is 26.9 Å². The van der Waals surface area contributed by atoms with Crippen molar-refractivity contribution in [3.8, 4) is 11.5 Å². The molecule has 108 valence electrons. The Morgan fingerprint density at radius 2 is 2.20 bits per heavy atom. The Kier molecular flexibility index (Phi) is 4.91. The molecule has 20 heavy (non-hydrogen) atoms. The molecule has 1 heterocycles. The second-order valence-electron chi connectivity index (χ2n) is 4.10. The van der Waals surface area contributed by atoms with Gasteiger partial charge in [-0.15, -0.1) is 0 Å². The fraction of sp³-hybridized carbons (Fsp3) is 0.385. The van der Waals surface area contributed by atoms with Crippen molar-refractivity contribution >= 4 is 0 Å². The number of nitrogens with zero attached hydrogens (tertiary/aromatic N) is 2. The van der Waals surface area contributed by atoms with Crippen molar-refractivity contribution in [1.82, 2.24) is 15.5 Å². The summed E-state index contributed by atoms with van der Waals surface area (Å²) >= 11 is 0. The van der Waals surface area contributed by atoms with E-state index in [0.29, 0.717) is 36.0 Å². The Bertz CT molecular complexity index is 530. The van der Waals surface area contributed by atoms with Crippen molar-refractivity contribution in [2.75, 3.05) is 20.8 Å². The largest absolute Gasteiger partial charge is 0.497 e. The average Bonchev–Trinajstić information content (AvgIpc) is 2.99. The zero-order valence-electron chi connectivity index (χ0n) is 11.4. The summed E-state index contributed by atoms with van der Waals surface area (Å²) in [5.74, 6) is 1.81. The first-order valence-electron chi connectivity index (χ1n) is 6.10. The molecule has 1 aromatic heterocycles. The summed E-state index contributed by atoms with van der Waals surface area (Å²) in [6.45, 7) is 0.748. The zero-order chi connectivity index (χ0) is 14.4. The molecule has 2 N–H and O–H groups in total. The first-order chi connectivity index (χ1) is 9.74. The molecule has 1 atom stereocenters. The van der Waals surface area contributed by atoms with Crippen LogP contribution in [0.3, 0.4) is 0 Å². The monoisotopic (exact) mass is 279 g/mol. The Morgan fingerprint density at radius 3 is 2.85 bits per heavy atom. The van der Waals surface area contributed by atoms with Gasteiger partial charge in [-0.25, -0.2) is 0 Å². The maximum absolute atomic E-state index is 10.2. The molecule has 0 saturated heterocycles. The van der Waals surface area contributed by atoms with Crippen LogP contribution >= 0.6 is 0 Å². The molecule has 0 radical (unpaired) electrons. The van der Waals surface area contributed by atoms with Crippen molar-refractivity contribution in [2.45, 2.75) is 12.6 Å². The molecule has 2 aromatic rings. The molecule has 0 aliphatic carbocycles. The molecular formula is C13H17N3O4. The van der Waals surface area contributed by atoms with E-state index in [2.05, 4.69) is 20.0 Å². The average molecular weight is 279 g/mol. The highest BCUT2D eigenvalue weighted by atomic mass is 16.5. The fourth-order valence-electron chi connectivity index (χ4n) is 1.80. The summed E-state index contributed by atoms with van der Waals surface area (Å²) in [4.78, 5) is 3.88. The van der Waals surface area contributed by atoms with E-state index < -0.39 is 6.10 Å². The molecule has 0 saturated carbocycles. The third-order valence-corrected chi connectivity index (χ3v) is 2.82. The van der Waals surface area contributed by atoms with Crippen molar-refractivity contribution in [3.63, 3.8) is 0 Å². The van der Waals surface area contributed by atoms with E-state index in [1.807, 2.05) is 0 Å². The minimum absolute atomic E-state index is 0.331. The second kappa shape index (κ2) is 6.88. The number of ether oxygens (including phenoxy) is 2. The maximum Gasteiger partial charge on any atom is 0.213 e. The predicted molar refractivity (Wildman–Crippen MR) is 70.5 cm³/mol. The number of hydrogen-bond donors (Lipinski definition) is 2. The van der Waals surface area contributed by atoms with Crippen LogP contribution in [0.5, 0.6) is 11.5 Å². The highest BCUT2D eigenvalue weighted by Gasteiger charge is 2.14. The van der Waals surface area contributed by atoms with Gasteiger partial charge in [0.2, 0.25) is 6.39 Å². The van der Waals surface area contributed by atoms with Crippen LogP contribution < -0.4 is 14.8 Å². The van der Waals surface area contributed by atoms with Gasteiger partial charge in [0, 0.05) is 12.1 Å².